The predicted molar refractivity (Wildman–Crippen MR) is 150 cm³/mol. The molecule has 3 heterocycles. The van der Waals surface area contributed by atoms with Crippen LogP contribution in [0.15, 0.2) is 70.5 Å². The normalized spacial score (nSPS) is 15.2. The lowest BCUT2D eigenvalue weighted by atomic mass is 10.1. The van der Waals surface area contributed by atoms with Gasteiger partial charge in [-0.1, -0.05) is 36.4 Å². The van der Waals surface area contributed by atoms with Crippen molar-refractivity contribution in [1.82, 2.24) is 24.0 Å². The van der Waals surface area contributed by atoms with Gasteiger partial charge in [0.15, 0.2) is 0 Å². The SMILES string of the molecule is Cc1c(N2CCN(Cc3ncc[nH]3)CC2)c(=O)n(CC(N)c2ccccc2)c(=O)n1Cc1c(F)cccc1C(F)(F)F. The quantitative estimate of drug-likeness (QED) is 0.308. The third-order valence-electron chi connectivity index (χ3n) is 7.62. The van der Waals surface area contributed by atoms with Gasteiger partial charge in [0, 0.05) is 55.9 Å². The van der Waals surface area contributed by atoms with Gasteiger partial charge in [0.05, 0.1) is 25.2 Å². The molecule has 1 aliphatic rings. The zero-order valence-corrected chi connectivity index (χ0v) is 22.9. The number of hydrogen-bond donors (Lipinski definition) is 2. The van der Waals surface area contributed by atoms with Crippen LogP contribution in [-0.2, 0) is 25.8 Å². The van der Waals surface area contributed by atoms with E-state index in [0.717, 1.165) is 33.2 Å². The molecule has 9 nitrogen and oxygen atoms in total. The van der Waals surface area contributed by atoms with Gasteiger partial charge in [-0.2, -0.15) is 13.2 Å². The van der Waals surface area contributed by atoms with E-state index >= 15 is 0 Å². The molecule has 0 aliphatic carbocycles. The van der Waals surface area contributed by atoms with Crippen LogP contribution < -0.4 is 21.9 Å². The highest BCUT2D eigenvalue weighted by atomic mass is 19.4. The minimum atomic E-state index is -4.84. The van der Waals surface area contributed by atoms with Gasteiger partial charge < -0.3 is 15.6 Å². The third kappa shape index (κ3) is 6.02. The number of aromatic amines is 1. The Morgan fingerprint density at radius 3 is 2.33 bits per heavy atom. The van der Waals surface area contributed by atoms with E-state index < -0.39 is 47.0 Å². The molecule has 3 N–H and O–H groups in total. The molecule has 1 fully saturated rings. The summed E-state index contributed by atoms with van der Waals surface area (Å²) in [6.07, 6.45) is -1.44. The number of anilines is 1. The Labute approximate surface area is 238 Å². The molecule has 0 spiro atoms. The van der Waals surface area contributed by atoms with Gasteiger partial charge in [0.1, 0.15) is 17.3 Å². The highest BCUT2D eigenvalue weighted by Crippen LogP contribution is 2.33. The van der Waals surface area contributed by atoms with E-state index in [0.29, 0.717) is 38.3 Å². The van der Waals surface area contributed by atoms with Crippen LogP contribution in [0.5, 0.6) is 0 Å². The number of benzene rings is 2. The van der Waals surface area contributed by atoms with E-state index in [9.17, 15) is 27.2 Å². The van der Waals surface area contributed by atoms with Crippen molar-refractivity contribution < 1.29 is 17.6 Å². The number of nitrogens with one attached hydrogen (secondary N) is 1. The Kier molecular flexibility index (Phi) is 8.32. The first-order valence-electron chi connectivity index (χ1n) is 13.5. The van der Waals surface area contributed by atoms with E-state index in [1.165, 1.54) is 6.92 Å². The fourth-order valence-electron chi connectivity index (χ4n) is 5.37. The minimum absolute atomic E-state index is 0.158. The molecule has 1 atom stereocenters. The molecular weight excluding hydrogens is 554 g/mol. The lowest BCUT2D eigenvalue weighted by Crippen LogP contribution is -2.51. The summed E-state index contributed by atoms with van der Waals surface area (Å²) in [4.78, 5) is 38.9. The Bertz CT molecular complexity index is 1640. The maximum Gasteiger partial charge on any atom is 0.416 e. The molecule has 5 rings (SSSR count). The minimum Gasteiger partial charge on any atom is -0.363 e. The van der Waals surface area contributed by atoms with E-state index in [1.807, 2.05) is 4.90 Å². The van der Waals surface area contributed by atoms with Gasteiger partial charge in [-0.15, -0.1) is 0 Å². The molecule has 4 aromatic rings. The van der Waals surface area contributed by atoms with Gasteiger partial charge in [-0.05, 0) is 24.6 Å². The van der Waals surface area contributed by atoms with Crippen LogP contribution in [0.1, 0.15) is 34.3 Å². The monoisotopic (exact) mass is 585 g/mol. The number of imidazole rings is 1. The summed E-state index contributed by atoms with van der Waals surface area (Å²) >= 11 is 0. The number of piperazine rings is 1. The number of alkyl halides is 3. The van der Waals surface area contributed by atoms with E-state index in [2.05, 4.69) is 14.9 Å². The Hall–Kier alpha value is -4.23. The van der Waals surface area contributed by atoms with Crippen molar-refractivity contribution in [1.29, 1.82) is 0 Å². The second-order valence-corrected chi connectivity index (χ2v) is 10.3. The molecule has 2 aromatic heterocycles. The number of nitrogens with two attached hydrogens (primary N) is 1. The largest absolute Gasteiger partial charge is 0.416 e. The average Bonchev–Trinajstić information content (AvgIpc) is 3.48. The van der Waals surface area contributed by atoms with Gasteiger partial charge in [0.25, 0.3) is 5.56 Å². The first kappa shape index (κ1) is 29.3. The van der Waals surface area contributed by atoms with Gasteiger partial charge in [-0.25, -0.2) is 14.2 Å². The topological polar surface area (TPSA) is 105 Å². The van der Waals surface area contributed by atoms with Crippen molar-refractivity contribution >= 4 is 5.69 Å². The maximum absolute atomic E-state index is 14.9. The van der Waals surface area contributed by atoms with Crippen LogP contribution in [0.3, 0.4) is 0 Å². The van der Waals surface area contributed by atoms with Crippen molar-refractivity contribution in [3.8, 4) is 0 Å². The lowest BCUT2D eigenvalue weighted by molar-refractivity contribution is -0.138. The standard InChI is InChI=1S/C29H31F4N7O2/c1-19-26(38-14-12-37(13-15-38)18-25-35-10-11-36-25)27(41)40(17-24(34)20-6-3-2-4-7-20)28(42)39(19)16-21-22(29(31,32)33)8-5-9-23(21)30/h2-11,24H,12-18,34H2,1H3,(H,35,36). The summed E-state index contributed by atoms with van der Waals surface area (Å²) in [7, 11) is 0. The second kappa shape index (κ2) is 11.9. The first-order valence-corrected chi connectivity index (χ1v) is 13.5. The highest BCUT2D eigenvalue weighted by molar-refractivity contribution is 5.50. The van der Waals surface area contributed by atoms with Crippen LogP contribution in [0.25, 0.3) is 0 Å². The molecule has 0 bridgehead atoms. The van der Waals surface area contributed by atoms with Gasteiger partial charge in [-0.3, -0.25) is 18.8 Å². The summed E-state index contributed by atoms with van der Waals surface area (Å²) in [6, 6.07) is 10.8. The van der Waals surface area contributed by atoms with Crippen LogP contribution in [0.4, 0.5) is 23.2 Å². The number of nitrogens with zero attached hydrogens (tertiary/aromatic N) is 5. The van der Waals surface area contributed by atoms with Gasteiger partial charge >= 0.3 is 11.9 Å². The molecule has 2 aromatic carbocycles. The lowest BCUT2D eigenvalue weighted by Gasteiger charge is -2.36. The number of halogens is 4. The fourth-order valence-corrected chi connectivity index (χ4v) is 5.37. The van der Waals surface area contributed by atoms with Crippen molar-refractivity contribution in [2.75, 3.05) is 31.1 Å². The molecule has 1 saturated heterocycles. The van der Waals surface area contributed by atoms with Gasteiger partial charge in [0.2, 0.25) is 0 Å². The van der Waals surface area contributed by atoms with Crippen LogP contribution in [0, 0.1) is 12.7 Å². The van der Waals surface area contributed by atoms with E-state index in [4.69, 9.17) is 5.73 Å². The van der Waals surface area contributed by atoms with Crippen molar-refractivity contribution in [2.45, 2.75) is 38.8 Å². The second-order valence-electron chi connectivity index (χ2n) is 10.3. The maximum atomic E-state index is 14.9. The van der Waals surface area contributed by atoms with Crippen LogP contribution in [0.2, 0.25) is 0 Å². The number of hydrogen-bond acceptors (Lipinski definition) is 6. The summed E-state index contributed by atoms with van der Waals surface area (Å²) in [5.74, 6) is -0.293. The molecule has 1 unspecified atom stereocenters. The molecule has 222 valence electrons. The molecule has 0 saturated carbocycles. The van der Waals surface area contributed by atoms with Crippen molar-refractivity contribution in [3.63, 3.8) is 0 Å². The number of rotatable bonds is 8. The number of H-pyrrole nitrogens is 1. The summed E-state index contributed by atoms with van der Waals surface area (Å²) in [5.41, 5.74) is 4.08. The molecule has 13 heteroatoms. The molecule has 1 aliphatic heterocycles. The summed E-state index contributed by atoms with van der Waals surface area (Å²) < 4.78 is 58.4. The molecule has 0 radical (unpaired) electrons. The van der Waals surface area contributed by atoms with Crippen LogP contribution in [-0.4, -0.2) is 50.2 Å². The Balaban J connectivity index is 1.56. The fraction of sp³-hybridized carbons (Fsp3) is 0.345. The first-order chi connectivity index (χ1) is 20.0. The zero-order valence-electron chi connectivity index (χ0n) is 22.9. The number of aromatic nitrogens is 4. The predicted octanol–water partition coefficient (Wildman–Crippen LogP) is 3.27. The Morgan fingerprint density at radius 2 is 1.69 bits per heavy atom. The van der Waals surface area contributed by atoms with E-state index in [-0.39, 0.29) is 17.9 Å². The van der Waals surface area contributed by atoms with Crippen LogP contribution >= 0.6 is 0 Å². The average molecular weight is 586 g/mol. The molecule has 42 heavy (non-hydrogen) atoms. The molecular formula is C29H31F4N7O2. The third-order valence-corrected chi connectivity index (χ3v) is 7.62. The van der Waals surface area contributed by atoms with Crippen molar-refractivity contribution in [2.24, 2.45) is 5.73 Å². The zero-order chi connectivity index (χ0) is 30.0. The summed E-state index contributed by atoms with van der Waals surface area (Å²) in [6.45, 7) is 3.17. The smallest absolute Gasteiger partial charge is 0.363 e. The highest BCUT2D eigenvalue weighted by Gasteiger charge is 2.35. The van der Waals surface area contributed by atoms with Crippen molar-refractivity contribution in [3.05, 3.63) is 116 Å². The summed E-state index contributed by atoms with van der Waals surface area (Å²) in [5, 5.41) is 0. The van der Waals surface area contributed by atoms with E-state index in [1.54, 1.807) is 42.7 Å². The molecule has 0 amide bonds. The Morgan fingerprint density at radius 1 is 0.976 bits per heavy atom.